The molecule has 0 amide bonds. The first kappa shape index (κ1) is 17.5. The van der Waals surface area contributed by atoms with Crippen molar-refractivity contribution in [3.8, 4) is 0 Å². The van der Waals surface area contributed by atoms with Gasteiger partial charge in [0, 0.05) is 34.0 Å². The second-order valence-electron chi connectivity index (χ2n) is 6.65. The van der Waals surface area contributed by atoms with Crippen LogP contribution < -0.4 is 5.32 Å². The molecule has 1 aliphatic carbocycles. The third-order valence-electron chi connectivity index (χ3n) is 4.13. The van der Waals surface area contributed by atoms with E-state index >= 15 is 0 Å². The highest BCUT2D eigenvalue weighted by atomic mass is 32.2. The van der Waals surface area contributed by atoms with Gasteiger partial charge in [0.05, 0.1) is 11.9 Å². The topological polar surface area (TPSA) is 86.1 Å². The number of benzene rings is 1. The van der Waals surface area contributed by atoms with Gasteiger partial charge in [-0.25, -0.2) is 0 Å². The maximum absolute atomic E-state index is 11.4. The lowest BCUT2D eigenvalue weighted by Crippen LogP contribution is -2.27. The fourth-order valence-electron chi connectivity index (χ4n) is 2.45. The van der Waals surface area contributed by atoms with Crippen LogP contribution in [0.1, 0.15) is 32.3 Å². The van der Waals surface area contributed by atoms with E-state index in [2.05, 4.69) is 10.3 Å². The molecule has 3 rings (SSSR count). The zero-order valence-corrected chi connectivity index (χ0v) is 15.1. The van der Waals surface area contributed by atoms with Crippen molar-refractivity contribution in [2.24, 2.45) is 5.92 Å². The Kier molecular flexibility index (Phi) is 4.81. The number of anilines is 2. The molecule has 0 spiro atoms. The molecule has 3 N–H and O–H groups in total. The third-order valence-corrected chi connectivity index (χ3v) is 5.39. The second kappa shape index (κ2) is 6.88. The van der Waals surface area contributed by atoms with Crippen molar-refractivity contribution in [3.63, 3.8) is 0 Å². The first-order chi connectivity index (χ1) is 11.9. The Hall–Kier alpha value is -2.34. The van der Waals surface area contributed by atoms with Gasteiger partial charge in [-0.15, -0.1) is 11.8 Å². The van der Waals surface area contributed by atoms with E-state index in [9.17, 15) is 9.90 Å². The molecule has 0 saturated heterocycles. The lowest BCUT2D eigenvalue weighted by molar-refractivity contribution is -0.138. The van der Waals surface area contributed by atoms with Crippen molar-refractivity contribution in [1.82, 2.24) is 4.98 Å². The second-order valence-corrected chi connectivity index (χ2v) is 8.31. The largest absolute Gasteiger partial charge is 0.480 e. The zero-order chi connectivity index (χ0) is 18.0. The Bertz CT molecular complexity index is 816. The number of carboxylic acids is 1. The number of aromatic nitrogens is 1. The average Bonchev–Trinajstić information content (AvgIpc) is 3.41. The molecule has 1 aromatic carbocycles. The van der Waals surface area contributed by atoms with Crippen LogP contribution in [0.3, 0.4) is 0 Å². The minimum Gasteiger partial charge on any atom is -0.480 e. The molecule has 0 aliphatic heterocycles. The van der Waals surface area contributed by atoms with Gasteiger partial charge in [-0.1, -0.05) is 18.2 Å². The average molecular weight is 355 g/mol. The van der Waals surface area contributed by atoms with Crippen LogP contribution in [0.5, 0.6) is 0 Å². The molecule has 0 atom stereocenters. The van der Waals surface area contributed by atoms with E-state index in [1.165, 1.54) is 11.8 Å². The van der Waals surface area contributed by atoms with Crippen LogP contribution >= 0.6 is 11.8 Å². The summed E-state index contributed by atoms with van der Waals surface area (Å²) in [5.74, 6) is -0.507. The molecule has 6 heteroatoms. The van der Waals surface area contributed by atoms with Crippen molar-refractivity contribution in [2.75, 3.05) is 5.32 Å². The summed E-state index contributed by atoms with van der Waals surface area (Å²) < 4.78 is -0.946. The molecule has 1 fully saturated rings. The summed E-state index contributed by atoms with van der Waals surface area (Å²) in [5, 5.41) is 21.1. The van der Waals surface area contributed by atoms with Crippen LogP contribution in [0, 0.1) is 11.3 Å². The Labute approximate surface area is 151 Å². The lowest BCUT2D eigenvalue weighted by atomic mass is 10.0. The molecule has 5 nitrogen and oxygen atoms in total. The summed E-state index contributed by atoms with van der Waals surface area (Å²) in [6, 6.07) is 9.57. The number of nitrogens with zero attached hydrogens (tertiary/aromatic N) is 1. The number of para-hydroxylation sites is 1. The Morgan fingerprint density at radius 2 is 2.00 bits per heavy atom. The number of carbonyl (C=O) groups is 1. The number of aliphatic carboxylic acids is 1. The molecule has 0 radical (unpaired) electrons. The van der Waals surface area contributed by atoms with Crippen LogP contribution in [0.25, 0.3) is 0 Å². The molecule has 0 unspecified atom stereocenters. The van der Waals surface area contributed by atoms with Crippen molar-refractivity contribution in [3.05, 3.63) is 48.3 Å². The Morgan fingerprint density at radius 3 is 2.68 bits per heavy atom. The zero-order valence-electron chi connectivity index (χ0n) is 14.2. The summed E-state index contributed by atoms with van der Waals surface area (Å²) in [6.07, 6.45) is 5.50. The first-order valence-electron chi connectivity index (χ1n) is 8.20. The fraction of sp³-hybridized carbons (Fsp3) is 0.316. The van der Waals surface area contributed by atoms with Gasteiger partial charge in [0.15, 0.2) is 0 Å². The van der Waals surface area contributed by atoms with E-state index in [4.69, 9.17) is 5.41 Å². The van der Waals surface area contributed by atoms with Gasteiger partial charge in [0.1, 0.15) is 4.75 Å². The minimum atomic E-state index is -0.946. The standard InChI is InChI=1S/C19H21N3O2S/c1-19(2,18(23)24)25-16-9-10-21-11-15(16)22-14-6-4-3-5-13(14)17(20)12-7-8-12/h3-6,9-12,20,22H,7-8H2,1-2H3,(H,23,24). The molecular weight excluding hydrogens is 334 g/mol. The quantitative estimate of drug-likeness (QED) is 0.501. The van der Waals surface area contributed by atoms with Gasteiger partial charge in [0.25, 0.3) is 0 Å². The number of hydrogen-bond acceptors (Lipinski definition) is 5. The predicted molar refractivity (Wildman–Crippen MR) is 101 cm³/mol. The summed E-state index contributed by atoms with van der Waals surface area (Å²) in [5.41, 5.74) is 3.15. The minimum absolute atomic E-state index is 0.358. The summed E-state index contributed by atoms with van der Waals surface area (Å²) in [6.45, 7) is 3.36. The first-order valence-corrected chi connectivity index (χ1v) is 9.01. The van der Waals surface area contributed by atoms with Crippen molar-refractivity contribution in [2.45, 2.75) is 36.3 Å². The van der Waals surface area contributed by atoms with Crippen LogP contribution in [0.15, 0.2) is 47.6 Å². The number of rotatable bonds is 7. The molecule has 1 aliphatic rings. The molecule has 25 heavy (non-hydrogen) atoms. The van der Waals surface area contributed by atoms with Crippen molar-refractivity contribution >= 4 is 34.8 Å². The highest BCUT2D eigenvalue weighted by molar-refractivity contribution is 8.01. The van der Waals surface area contributed by atoms with E-state index in [-0.39, 0.29) is 0 Å². The van der Waals surface area contributed by atoms with E-state index in [1.807, 2.05) is 30.3 Å². The van der Waals surface area contributed by atoms with Crippen molar-refractivity contribution < 1.29 is 9.90 Å². The predicted octanol–water partition coefficient (Wildman–Crippen LogP) is 4.56. The number of thioether (sulfide) groups is 1. The van der Waals surface area contributed by atoms with Gasteiger partial charge in [-0.3, -0.25) is 9.78 Å². The molecule has 130 valence electrons. The molecule has 1 saturated carbocycles. The van der Waals surface area contributed by atoms with Gasteiger partial charge in [-0.05, 0) is 38.8 Å². The summed E-state index contributed by atoms with van der Waals surface area (Å²) in [7, 11) is 0. The fourth-order valence-corrected chi connectivity index (χ4v) is 3.43. The maximum Gasteiger partial charge on any atom is 0.319 e. The van der Waals surface area contributed by atoms with E-state index in [1.54, 1.807) is 26.2 Å². The molecule has 1 heterocycles. The van der Waals surface area contributed by atoms with E-state index < -0.39 is 10.7 Å². The van der Waals surface area contributed by atoms with Crippen LogP contribution in [0.4, 0.5) is 11.4 Å². The van der Waals surface area contributed by atoms with E-state index in [0.29, 0.717) is 11.6 Å². The van der Waals surface area contributed by atoms with Crippen LogP contribution in [-0.2, 0) is 4.79 Å². The summed E-state index contributed by atoms with van der Waals surface area (Å²) in [4.78, 5) is 16.4. The number of nitrogens with one attached hydrogen (secondary N) is 2. The number of hydrogen-bond donors (Lipinski definition) is 3. The molecule has 1 aromatic heterocycles. The van der Waals surface area contributed by atoms with Crippen LogP contribution in [-0.4, -0.2) is 26.5 Å². The SMILES string of the molecule is CC(C)(Sc1ccncc1Nc1ccccc1C(=N)C1CC1)C(=O)O. The Balaban J connectivity index is 1.89. The monoisotopic (exact) mass is 355 g/mol. The molecule has 0 bridgehead atoms. The normalized spacial score (nSPS) is 14.2. The molecule has 2 aromatic rings. The highest BCUT2D eigenvalue weighted by Gasteiger charge is 2.30. The van der Waals surface area contributed by atoms with Gasteiger partial charge < -0.3 is 15.8 Å². The summed E-state index contributed by atoms with van der Waals surface area (Å²) >= 11 is 1.28. The van der Waals surface area contributed by atoms with E-state index in [0.717, 1.165) is 34.7 Å². The maximum atomic E-state index is 11.4. The highest BCUT2D eigenvalue weighted by Crippen LogP contribution is 2.39. The smallest absolute Gasteiger partial charge is 0.319 e. The van der Waals surface area contributed by atoms with Crippen LogP contribution in [0.2, 0.25) is 0 Å². The Morgan fingerprint density at radius 1 is 1.28 bits per heavy atom. The number of carboxylic acid groups (broad SMARTS) is 1. The number of pyridine rings is 1. The van der Waals surface area contributed by atoms with Gasteiger partial charge in [-0.2, -0.15) is 0 Å². The van der Waals surface area contributed by atoms with Gasteiger partial charge >= 0.3 is 5.97 Å². The molecular formula is C19H21N3O2S. The lowest BCUT2D eigenvalue weighted by Gasteiger charge is -2.21. The van der Waals surface area contributed by atoms with Crippen molar-refractivity contribution in [1.29, 1.82) is 5.41 Å². The third kappa shape index (κ3) is 4.02. The van der Waals surface area contributed by atoms with Gasteiger partial charge in [0.2, 0.25) is 0 Å².